The minimum absolute atomic E-state index is 0.0612. The Morgan fingerprint density at radius 3 is 2.57 bits per heavy atom. The minimum atomic E-state index is -0.401. The third-order valence-corrected chi connectivity index (χ3v) is 8.69. The van der Waals surface area contributed by atoms with Crippen LogP contribution in [-0.2, 0) is 4.74 Å². The highest BCUT2D eigenvalue weighted by Crippen LogP contribution is 2.30. The van der Waals surface area contributed by atoms with E-state index in [-0.39, 0.29) is 23.4 Å². The van der Waals surface area contributed by atoms with Crippen molar-refractivity contribution in [3.05, 3.63) is 87.0 Å². The quantitative estimate of drug-likeness (QED) is 0.257. The maximum absolute atomic E-state index is 13.6. The number of piperidine rings is 2. The number of nitrogens with one attached hydrogen (secondary N) is 1. The van der Waals surface area contributed by atoms with E-state index in [4.69, 9.17) is 27.9 Å². The smallest absolute Gasteiger partial charge is 0.338 e. The van der Waals surface area contributed by atoms with Gasteiger partial charge in [0.15, 0.2) is 5.65 Å². The van der Waals surface area contributed by atoms with Gasteiger partial charge in [0.1, 0.15) is 11.5 Å². The van der Waals surface area contributed by atoms with E-state index in [0.29, 0.717) is 44.5 Å². The van der Waals surface area contributed by atoms with Gasteiger partial charge in [-0.15, -0.1) is 0 Å². The highest BCUT2D eigenvalue weighted by molar-refractivity contribution is 6.37. The van der Waals surface area contributed by atoms with Crippen LogP contribution in [0.15, 0.2) is 65.8 Å². The minimum Gasteiger partial charge on any atom is -0.457 e. The number of hydrogen-bond acceptors (Lipinski definition) is 8. The number of halogens is 2. The second-order valence-electron chi connectivity index (χ2n) is 10.6. The molecule has 2 saturated heterocycles. The van der Waals surface area contributed by atoms with Crippen molar-refractivity contribution in [3.8, 4) is 5.69 Å². The van der Waals surface area contributed by atoms with E-state index in [1.54, 1.807) is 59.3 Å². The lowest BCUT2D eigenvalue weighted by atomic mass is 9.90. The van der Waals surface area contributed by atoms with Crippen LogP contribution in [0.25, 0.3) is 22.5 Å². The number of aromatic nitrogens is 5. The molecule has 1 unspecified atom stereocenters. The van der Waals surface area contributed by atoms with Gasteiger partial charge in [0.25, 0.3) is 5.56 Å². The number of hydrogen-bond donors (Lipinski definition) is 1. The first-order valence-electron chi connectivity index (χ1n) is 14.0. The number of para-hydroxylation sites is 1. The van der Waals surface area contributed by atoms with Crippen molar-refractivity contribution in [1.29, 1.82) is 0 Å². The van der Waals surface area contributed by atoms with E-state index in [1.807, 2.05) is 0 Å². The summed E-state index contributed by atoms with van der Waals surface area (Å²) < 4.78 is 9.01. The molecule has 12 heteroatoms. The average molecular weight is 604 g/mol. The van der Waals surface area contributed by atoms with Crippen molar-refractivity contribution in [2.45, 2.75) is 44.2 Å². The Labute approximate surface area is 250 Å². The molecule has 2 atom stereocenters. The molecule has 0 spiro atoms. The monoisotopic (exact) mass is 603 g/mol. The summed E-state index contributed by atoms with van der Waals surface area (Å²) in [5.41, 5.74) is 1.48. The van der Waals surface area contributed by atoms with E-state index in [0.717, 1.165) is 32.4 Å². The summed E-state index contributed by atoms with van der Waals surface area (Å²) in [5.74, 6) is 0.281. The molecule has 2 aromatic carbocycles. The average Bonchev–Trinajstić information content (AvgIpc) is 3.49. The van der Waals surface area contributed by atoms with Crippen LogP contribution in [-0.4, -0.2) is 60.0 Å². The number of nitrogens with zero attached hydrogens (tertiary/aromatic N) is 6. The van der Waals surface area contributed by atoms with Crippen molar-refractivity contribution in [2.75, 3.05) is 18.4 Å². The van der Waals surface area contributed by atoms with E-state index < -0.39 is 5.56 Å². The lowest BCUT2D eigenvalue weighted by molar-refractivity contribution is -0.0342. The molecular formula is C30H27Cl2N7O3. The van der Waals surface area contributed by atoms with Crippen LogP contribution >= 0.6 is 23.2 Å². The van der Waals surface area contributed by atoms with Gasteiger partial charge in [0, 0.05) is 30.3 Å². The summed E-state index contributed by atoms with van der Waals surface area (Å²) in [6.07, 6.45) is 10.1. The van der Waals surface area contributed by atoms with Crippen LogP contribution in [0, 0.1) is 0 Å². The molecule has 2 fully saturated rings. The third kappa shape index (κ3) is 4.79. The standard InChI is InChI=1S/C30H27Cl2N7O3/c31-21-5-3-6-22(32)25(21)39-27(40)20-17-34-29(36-26(20)38-16-13-33-30(38)39)35-19-11-9-18(10-12-19)28(41)42-24-8-4-15-37-14-2-1-7-23(24)37/h3,5-6,9-13,16-17,23-24H,1-2,4,7-8,14-15H2,(H,34,35,36)/t23?,24-/m1/s1. The molecule has 3 aromatic heterocycles. The summed E-state index contributed by atoms with van der Waals surface area (Å²) >= 11 is 12.8. The first kappa shape index (κ1) is 26.9. The number of esters is 1. The van der Waals surface area contributed by atoms with E-state index in [2.05, 4.69) is 25.2 Å². The largest absolute Gasteiger partial charge is 0.457 e. The SMILES string of the molecule is O=C(O[C@@H]1CCCN2CCCCC12)c1ccc(Nc2ncc3c(=O)n(-c4c(Cl)cccc4Cl)c4nccn4c3n2)cc1. The number of ether oxygens (including phenoxy) is 1. The predicted molar refractivity (Wildman–Crippen MR) is 161 cm³/mol. The first-order chi connectivity index (χ1) is 20.5. The molecule has 5 heterocycles. The second kappa shape index (κ2) is 11.0. The van der Waals surface area contributed by atoms with Crippen LogP contribution in [0.3, 0.4) is 0 Å². The van der Waals surface area contributed by atoms with Crippen LogP contribution in [0.5, 0.6) is 0 Å². The number of carbonyl (C=O) groups is 1. The molecule has 42 heavy (non-hydrogen) atoms. The second-order valence-corrected chi connectivity index (χ2v) is 11.4. The number of carbonyl (C=O) groups excluding carboxylic acids is 1. The molecule has 0 amide bonds. The van der Waals surface area contributed by atoms with Gasteiger partial charge < -0.3 is 10.1 Å². The van der Waals surface area contributed by atoms with Crippen molar-refractivity contribution in [1.82, 2.24) is 28.8 Å². The lowest BCUT2D eigenvalue weighted by Gasteiger charge is -2.43. The van der Waals surface area contributed by atoms with Crippen molar-refractivity contribution >= 4 is 57.6 Å². The first-order valence-corrected chi connectivity index (χ1v) is 14.7. The van der Waals surface area contributed by atoms with Gasteiger partial charge in [0.2, 0.25) is 11.7 Å². The Bertz CT molecular complexity index is 1850. The number of rotatable bonds is 5. The van der Waals surface area contributed by atoms with E-state index in [1.165, 1.54) is 23.6 Å². The molecule has 0 aliphatic carbocycles. The molecule has 1 N–H and O–H groups in total. The Morgan fingerprint density at radius 2 is 1.76 bits per heavy atom. The van der Waals surface area contributed by atoms with Crippen LogP contribution in [0.1, 0.15) is 42.5 Å². The molecule has 0 radical (unpaired) electrons. The van der Waals surface area contributed by atoms with Gasteiger partial charge in [-0.2, -0.15) is 4.98 Å². The number of anilines is 2. The molecule has 0 saturated carbocycles. The van der Waals surface area contributed by atoms with Gasteiger partial charge in [-0.05, 0) is 75.2 Å². The Kier molecular flexibility index (Phi) is 7.05. The summed E-state index contributed by atoms with van der Waals surface area (Å²) in [7, 11) is 0. The Balaban J connectivity index is 1.13. The molecule has 10 nitrogen and oxygen atoms in total. The van der Waals surface area contributed by atoms with Gasteiger partial charge in [-0.3, -0.25) is 14.1 Å². The maximum atomic E-state index is 13.6. The molecule has 5 aromatic rings. The Hall–Kier alpha value is -3.99. The van der Waals surface area contributed by atoms with Gasteiger partial charge >= 0.3 is 5.97 Å². The van der Waals surface area contributed by atoms with Crippen LogP contribution in [0.4, 0.5) is 11.6 Å². The van der Waals surface area contributed by atoms with Gasteiger partial charge in [0.05, 0.1) is 21.3 Å². The molecule has 2 aliphatic rings. The molecule has 214 valence electrons. The van der Waals surface area contributed by atoms with Gasteiger partial charge in [-0.1, -0.05) is 35.7 Å². The lowest BCUT2D eigenvalue weighted by Crippen LogP contribution is -2.51. The Morgan fingerprint density at radius 1 is 0.976 bits per heavy atom. The number of imidazole rings is 1. The third-order valence-electron chi connectivity index (χ3n) is 8.08. The van der Waals surface area contributed by atoms with Crippen molar-refractivity contribution in [3.63, 3.8) is 0 Å². The predicted octanol–water partition coefficient (Wildman–Crippen LogP) is 5.65. The summed E-state index contributed by atoms with van der Waals surface area (Å²) in [4.78, 5) is 42.4. The van der Waals surface area contributed by atoms with E-state index in [9.17, 15) is 9.59 Å². The molecule has 0 bridgehead atoms. The highest BCUT2D eigenvalue weighted by atomic mass is 35.5. The highest BCUT2D eigenvalue weighted by Gasteiger charge is 2.35. The molecule has 7 rings (SSSR count). The summed E-state index contributed by atoms with van der Waals surface area (Å²) in [6.45, 7) is 2.18. The zero-order chi connectivity index (χ0) is 28.8. The maximum Gasteiger partial charge on any atom is 0.338 e. The van der Waals surface area contributed by atoms with Crippen LogP contribution in [0.2, 0.25) is 10.0 Å². The normalized spacial score (nSPS) is 19.1. The van der Waals surface area contributed by atoms with Gasteiger partial charge in [-0.25, -0.2) is 19.3 Å². The zero-order valence-corrected chi connectivity index (χ0v) is 24.1. The topological polar surface area (TPSA) is 107 Å². The summed E-state index contributed by atoms with van der Waals surface area (Å²) in [5, 5.41) is 4.05. The zero-order valence-electron chi connectivity index (χ0n) is 22.5. The van der Waals surface area contributed by atoms with Crippen LogP contribution < -0.4 is 10.9 Å². The number of fused-ring (bicyclic) bond motifs is 4. The number of benzene rings is 2. The van der Waals surface area contributed by atoms with Crippen molar-refractivity contribution in [2.24, 2.45) is 0 Å². The van der Waals surface area contributed by atoms with Crippen molar-refractivity contribution < 1.29 is 9.53 Å². The fourth-order valence-corrected chi connectivity index (χ4v) is 6.64. The molecular weight excluding hydrogens is 577 g/mol. The molecule has 2 aliphatic heterocycles. The van der Waals surface area contributed by atoms with E-state index >= 15 is 0 Å². The fraction of sp³-hybridized carbons (Fsp3) is 0.300. The summed E-state index contributed by atoms with van der Waals surface area (Å²) in [6, 6.07) is 12.4. The fourth-order valence-electron chi connectivity index (χ4n) is 6.07.